The molecule has 0 saturated carbocycles. The first kappa shape index (κ1) is 19.4. The van der Waals surface area contributed by atoms with Gasteiger partial charge in [0.2, 0.25) is 12.7 Å². The molecule has 0 saturated heterocycles. The quantitative estimate of drug-likeness (QED) is 0.577. The van der Waals surface area contributed by atoms with E-state index in [0.29, 0.717) is 12.3 Å². The number of imidazole rings is 1. The van der Waals surface area contributed by atoms with E-state index in [2.05, 4.69) is 37.0 Å². The van der Waals surface area contributed by atoms with E-state index in [0.717, 1.165) is 27.9 Å². The van der Waals surface area contributed by atoms with E-state index >= 15 is 0 Å². The van der Waals surface area contributed by atoms with E-state index in [1.165, 1.54) is 22.9 Å². The van der Waals surface area contributed by atoms with Crippen LogP contribution in [0, 0.1) is 13.8 Å². The summed E-state index contributed by atoms with van der Waals surface area (Å²) >= 11 is 1.44. The second kappa shape index (κ2) is 8.21. The van der Waals surface area contributed by atoms with Crippen molar-refractivity contribution < 1.29 is 14.3 Å². The zero-order valence-electron chi connectivity index (χ0n) is 16.7. The Balaban J connectivity index is 1.39. The first-order chi connectivity index (χ1) is 14.0. The standard InChI is InChI=1S/C22H23N3O3S/c1-15-8-16(2)10-18(9-15)25-7-6-23-22(25)29-13-21(26)24(3)12-17-4-5-19-20(11-17)28-14-27-19/h4-11H,12-14H2,1-3H3. The minimum absolute atomic E-state index is 0.0441. The van der Waals surface area contributed by atoms with Gasteiger partial charge >= 0.3 is 0 Å². The molecule has 1 aliphatic rings. The van der Waals surface area contributed by atoms with Gasteiger partial charge in [-0.25, -0.2) is 4.98 Å². The summed E-state index contributed by atoms with van der Waals surface area (Å²) in [4.78, 5) is 18.8. The predicted octanol–water partition coefficient (Wildman–Crippen LogP) is 3.97. The molecule has 0 aliphatic carbocycles. The van der Waals surface area contributed by atoms with Crippen molar-refractivity contribution in [2.45, 2.75) is 25.5 Å². The lowest BCUT2D eigenvalue weighted by Crippen LogP contribution is -2.27. The molecule has 7 heteroatoms. The number of hydrogen-bond donors (Lipinski definition) is 0. The van der Waals surface area contributed by atoms with Crippen LogP contribution >= 0.6 is 11.8 Å². The molecule has 0 spiro atoms. The molecule has 1 amide bonds. The molecular formula is C22H23N3O3S. The van der Waals surface area contributed by atoms with Crippen LogP contribution in [0.25, 0.3) is 5.69 Å². The fraction of sp³-hybridized carbons (Fsp3) is 0.273. The largest absolute Gasteiger partial charge is 0.454 e. The molecule has 1 aromatic heterocycles. The highest BCUT2D eigenvalue weighted by Gasteiger charge is 2.16. The number of ether oxygens (including phenoxy) is 2. The minimum atomic E-state index is 0.0441. The minimum Gasteiger partial charge on any atom is -0.454 e. The van der Waals surface area contributed by atoms with E-state index in [4.69, 9.17) is 9.47 Å². The number of carbonyl (C=O) groups is 1. The van der Waals surface area contributed by atoms with Crippen LogP contribution in [0.3, 0.4) is 0 Å². The topological polar surface area (TPSA) is 56.6 Å². The molecule has 4 rings (SSSR count). The lowest BCUT2D eigenvalue weighted by atomic mass is 10.1. The fourth-order valence-corrected chi connectivity index (χ4v) is 4.23. The monoisotopic (exact) mass is 409 g/mol. The summed E-state index contributed by atoms with van der Waals surface area (Å²) in [7, 11) is 1.81. The van der Waals surface area contributed by atoms with Crippen LogP contribution in [0.2, 0.25) is 0 Å². The Labute approximate surface area is 174 Å². The first-order valence-electron chi connectivity index (χ1n) is 9.37. The van der Waals surface area contributed by atoms with E-state index in [1.54, 1.807) is 11.1 Å². The van der Waals surface area contributed by atoms with Crippen LogP contribution in [0.5, 0.6) is 11.5 Å². The Morgan fingerprint density at radius 2 is 1.90 bits per heavy atom. The van der Waals surface area contributed by atoms with Crippen molar-refractivity contribution in [2.24, 2.45) is 0 Å². The van der Waals surface area contributed by atoms with Crippen molar-refractivity contribution in [1.29, 1.82) is 0 Å². The third-order valence-electron chi connectivity index (χ3n) is 4.70. The van der Waals surface area contributed by atoms with Crippen molar-refractivity contribution in [3.63, 3.8) is 0 Å². The summed E-state index contributed by atoms with van der Waals surface area (Å²) in [5, 5.41) is 0.805. The maximum absolute atomic E-state index is 12.6. The zero-order valence-corrected chi connectivity index (χ0v) is 17.5. The van der Waals surface area contributed by atoms with Gasteiger partial charge in [-0.1, -0.05) is 23.9 Å². The highest BCUT2D eigenvalue weighted by molar-refractivity contribution is 7.99. The summed E-state index contributed by atoms with van der Waals surface area (Å²) in [5.74, 6) is 1.84. The Kier molecular flexibility index (Phi) is 5.49. The summed E-state index contributed by atoms with van der Waals surface area (Å²) < 4.78 is 12.8. The van der Waals surface area contributed by atoms with E-state index < -0.39 is 0 Å². The Bertz CT molecular complexity index is 1030. The molecule has 0 unspecified atom stereocenters. The second-order valence-corrected chi connectivity index (χ2v) is 8.09. The number of benzene rings is 2. The van der Waals surface area contributed by atoms with Crippen molar-refractivity contribution >= 4 is 17.7 Å². The molecule has 0 bridgehead atoms. The molecule has 1 aliphatic heterocycles. The second-order valence-electron chi connectivity index (χ2n) is 7.15. The molecule has 3 aromatic rings. The van der Waals surface area contributed by atoms with Gasteiger partial charge in [-0.15, -0.1) is 0 Å². The summed E-state index contributed by atoms with van der Waals surface area (Å²) in [5.41, 5.74) is 4.46. The van der Waals surface area contributed by atoms with Gasteiger partial charge < -0.3 is 14.4 Å². The van der Waals surface area contributed by atoms with Gasteiger partial charge in [0, 0.05) is 31.7 Å². The van der Waals surface area contributed by atoms with Gasteiger partial charge in [0.25, 0.3) is 0 Å². The number of carbonyl (C=O) groups excluding carboxylic acids is 1. The molecule has 0 N–H and O–H groups in total. The fourth-order valence-electron chi connectivity index (χ4n) is 3.32. The van der Waals surface area contributed by atoms with Crippen molar-refractivity contribution in [1.82, 2.24) is 14.5 Å². The molecule has 0 fully saturated rings. The summed E-state index contributed by atoms with van der Waals surface area (Å²) in [6.45, 7) is 4.92. The van der Waals surface area contributed by atoms with E-state index in [-0.39, 0.29) is 12.7 Å². The van der Waals surface area contributed by atoms with Crippen LogP contribution in [-0.2, 0) is 11.3 Å². The zero-order chi connectivity index (χ0) is 20.4. The SMILES string of the molecule is Cc1cc(C)cc(-n2ccnc2SCC(=O)N(C)Cc2ccc3c(c2)OCO3)c1. The number of aryl methyl sites for hydroxylation is 2. The third-order valence-corrected chi connectivity index (χ3v) is 5.65. The van der Waals surface area contributed by atoms with Gasteiger partial charge in [0.15, 0.2) is 16.7 Å². The van der Waals surface area contributed by atoms with Gasteiger partial charge in [-0.3, -0.25) is 9.36 Å². The highest BCUT2D eigenvalue weighted by atomic mass is 32.2. The third kappa shape index (κ3) is 4.40. The van der Waals surface area contributed by atoms with Crippen molar-refractivity contribution in [3.8, 4) is 17.2 Å². The van der Waals surface area contributed by atoms with Gasteiger partial charge in [-0.05, 0) is 54.8 Å². The Morgan fingerprint density at radius 3 is 2.69 bits per heavy atom. The number of aromatic nitrogens is 2. The number of hydrogen-bond acceptors (Lipinski definition) is 5. The van der Waals surface area contributed by atoms with Crippen LogP contribution in [0.15, 0.2) is 53.9 Å². The molecule has 29 heavy (non-hydrogen) atoms. The molecule has 6 nitrogen and oxygen atoms in total. The average molecular weight is 410 g/mol. The maximum atomic E-state index is 12.6. The summed E-state index contributed by atoms with van der Waals surface area (Å²) in [6, 6.07) is 12.1. The number of amides is 1. The molecule has 150 valence electrons. The molecule has 2 aromatic carbocycles. The first-order valence-corrected chi connectivity index (χ1v) is 10.4. The number of fused-ring (bicyclic) bond motifs is 1. The maximum Gasteiger partial charge on any atom is 0.233 e. The average Bonchev–Trinajstić information content (AvgIpc) is 3.34. The lowest BCUT2D eigenvalue weighted by molar-refractivity contribution is -0.127. The Morgan fingerprint density at radius 1 is 1.14 bits per heavy atom. The number of thioether (sulfide) groups is 1. The predicted molar refractivity (Wildman–Crippen MR) is 113 cm³/mol. The molecule has 0 radical (unpaired) electrons. The molecule has 2 heterocycles. The number of rotatable bonds is 6. The van der Waals surface area contributed by atoms with Gasteiger partial charge in [-0.2, -0.15) is 0 Å². The summed E-state index contributed by atoms with van der Waals surface area (Å²) in [6.07, 6.45) is 3.69. The van der Waals surface area contributed by atoms with Crippen molar-refractivity contribution in [3.05, 3.63) is 65.5 Å². The van der Waals surface area contributed by atoms with Gasteiger partial charge in [0.1, 0.15) is 0 Å². The molecular weight excluding hydrogens is 386 g/mol. The normalized spacial score (nSPS) is 12.2. The smallest absolute Gasteiger partial charge is 0.233 e. The van der Waals surface area contributed by atoms with E-state index in [1.807, 2.05) is 36.0 Å². The number of nitrogens with zero attached hydrogens (tertiary/aromatic N) is 3. The van der Waals surface area contributed by atoms with Crippen LogP contribution < -0.4 is 9.47 Å². The highest BCUT2D eigenvalue weighted by Crippen LogP contribution is 2.32. The lowest BCUT2D eigenvalue weighted by Gasteiger charge is -2.17. The Hall–Kier alpha value is -2.93. The van der Waals surface area contributed by atoms with Gasteiger partial charge in [0.05, 0.1) is 5.75 Å². The van der Waals surface area contributed by atoms with Crippen LogP contribution in [0.4, 0.5) is 0 Å². The van der Waals surface area contributed by atoms with Crippen LogP contribution in [0.1, 0.15) is 16.7 Å². The van der Waals surface area contributed by atoms with Crippen LogP contribution in [-0.4, -0.2) is 40.0 Å². The molecule has 0 atom stereocenters. The van der Waals surface area contributed by atoms with Crippen molar-refractivity contribution in [2.75, 3.05) is 19.6 Å². The van der Waals surface area contributed by atoms with E-state index in [9.17, 15) is 4.79 Å².